The first kappa shape index (κ1) is 29.4. The summed E-state index contributed by atoms with van der Waals surface area (Å²) in [5, 5.41) is -2.44. The SMILES string of the molecule is CCCCCCCCCC(F)(CCC)S(=O)(=O)OS(c1ccccc1)(c1ccccc1)c1ccccc1. The van der Waals surface area contributed by atoms with E-state index in [0.29, 0.717) is 27.5 Å². The molecule has 6 heteroatoms. The molecule has 37 heavy (non-hydrogen) atoms. The summed E-state index contributed by atoms with van der Waals surface area (Å²) in [7, 11) is -7.38. The molecular weight excluding hydrogens is 503 g/mol. The van der Waals surface area contributed by atoms with Gasteiger partial charge in [-0.2, -0.15) is 8.42 Å². The van der Waals surface area contributed by atoms with Crippen LogP contribution >= 0.6 is 10.3 Å². The number of unbranched alkanes of at least 4 members (excludes halogenated alkanes) is 6. The smallest absolute Gasteiger partial charge is 0.224 e. The van der Waals surface area contributed by atoms with E-state index in [9.17, 15) is 8.42 Å². The number of rotatable bonds is 16. The third-order valence-electron chi connectivity index (χ3n) is 6.64. The van der Waals surface area contributed by atoms with Crippen LogP contribution in [-0.2, 0) is 13.7 Å². The molecule has 0 aliphatic heterocycles. The van der Waals surface area contributed by atoms with E-state index in [1.54, 1.807) is 0 Å². The summed E-state index contributed by atoms with van der Waals surface area (Å²) in [4.78, 5) is 2.14. The first-order chi connectivity index (χ1) is 17.9. The van der Waals surface area contributed by atoms with Crippen molar-refractivity contribution in [3.8, 4) is 0 Å². The molecule has 3 rings (SSSR count). The van der Waals surface area contributed by atoms with Crippen molar-refractivity contribution in [2.24, 2.45) is 0 Å². The largest absolute Gasteiger partial charge is 0.312 e. The summed E-state index contributed by atoms with van der Waals surface area (Å²) >= 11 is 0. The fraction of sp³-hybridized carbons (Fsp3) is 0.419. The van der Waals surface area contributed by atoms with Crippen molar-refractivity contribution < 1.29 is 16.4 Å². The molecule has 0 radical (unpaired) electrons. The number of hydrogen-bond donors (Lipinski definition) is 0. The molecule has 0 spiro atoms. The fourth-order valence-corrected chi connectivity index (χ4v) is 10.4. The van der Waals surface area contributed by atoms with Crippen molar-refractivity contribution in [1.82, 2.24) is 0 Å². The Bertz CT molecular complexity index is 1060. The van der Waals surface area contributed by atoms with Crippen LogP contribution in [0.1, 0.15) is 78.1 Å². The van der Waals surface area contributed by atoms with Crippen LogP contribution < -0.4 is 0 Å². The lowest BCUT2D eigenvalue weighted by molar-refractivity contribution is 0.211. The van der Waals surface area contributed by atoms with Crippen LogP contribution in [0.2, 0.25) is 0 Å². The van der Waals surface area contributed by atoms with E-state index in [4.69, 9.17) is 3.63 Å². The van der Waals surface area contributed by atoms with Crippen LogP contribution in [-0.4, -0.2) is 13.4 Å². The first-order valence-electron chi connectivity index (χ1n) is 13.5. The average Bonchev–Trinajstić information content (AvgIpc) is 2.93. The Labute approximate surface area is 225 Å². The Kier molecular flexibility index (Phi) is 11.2. The lowest BCUT2D eigenvalue weighted by Gasteiger charge is -2.41. The molecule has 202 valence electrons. The molecular formula is C31H41FO3S2. The summed E-state index contributed by atoms with van der Waals surface area (Å²) in [6.45, 7) is 4.00. The van der Waals surface area contributed by atoms with E-state index < -0.39 is 25.4 Å². The van der Waals surface area contributed by atoms with Crippen LogP contribution in [0.15, 0.2) is 106 Å². The van der Waals surface area contributed by atoms with Gasteiger partial charge in [0.1, 0.15) is 0 Å². The summed E-state index contributed by atoms with van der Waals surface area (Å²) in [5.41, 5.74) is 0. The Morgan fingerprint density at radius 3 is 1.41 bits per heavy atom. The Morgan fingerprint density at radius 1 is 0.595 bits per heavy atom. The van der Waals surface area contributed by atoms with Crippen LogP contribution in [0.25, 0.3) is 0 Å². The summed E-state index contributed by atoms with van der Waals surface area (Å²) in [6, 6.07) is 28.1. The van der Waals surface area contributed by atoms with E-state index >= 15 is 4.39 Å². The zero-order valence-corrected chi connectivity index (χ0v) is 23.8. The monoisotopic (exact) mass is 544 g/mol. The Morgan fingerprint density at radius 2 is 1.00 bits per heavy atom. The predicted octanol–water partition coefficient (Wildman–Crippen LogP) is 9.84. The molecule has 0 N–H and O–H groups in total. The van der Waals surface area contributed by atoms with Crippen LogP contribution in [0.3, 0.4) is 0 Å². The maximum Gasteiger partial charge on any atom is 0.312 e. The zero-order chi connectivity index (χ0) is 26.6. The highest BCUT2D eigenvalue weighted by molar-refractivity contribution is 8.33. The molecule has 3 aromatic rings. The number of benzene rings is 3. The van der Waals surface area contributed by atoms with Crippen LogP contribution in [0.4, 0.5) is 4.39 Å². The van der Waals surface area contributed by atoms with Gasteiger partial charge in [0.05, 0.1) is 0 Å². The van der Waals surface area contributed by atoms with Gasteiger partial charge in [-0.25, -0.2) is 8.02 Å². The lowest BCUT2D eigenvalue weighted by atomic mass is 10.0. The molecule has 0 aliphatic carbocycles. The lowest BCUT2D eigenvalue weighted by Crippen LogP contribution is -2.36. The van der Waals surface area contributed by atoms with E-state index in [0.717, 1.165) is 19.3 Å². The third kappa shape index (κ3) is 7.24. The maximum absolute atomic E-state index is 16.6. The second-order valence-electron chi connectivity index (χ2n) is 9.52. The number of alkyl halides is 1. The average molecular weight is 545 g/mol. The third-order valence-corrected chi connectivity index (χ3v) is 12.3. The van der Waals surface area contributed by atoms with Gasteiger partial charge in [0.25, 0.3) is 0 Å². The number of hydrogen-bond acceptors (Lipinski definition) is 3. The topological polar surface area (TPSA) is 43.4 Å². The highest BCUT2D eigenvalue weighted by atomic mass is 32.3. The molecule has 3 nitrogen and oxygen atoms in total. The van der Waals surface area contributed by atoms with Gasteiger partial charge in [-0.05, 0) is 66.0 Å². The minimum absolute atomic E-state index is 0.0508. The summed E-state index contributed by atoms with van der Waals surface area (Å²) in [5.74, 6) is 0. The molecule has 0 saturated carbocycles. The van der Waals surface area contributed by atoms with Gasteiger partial charge in [-0.1, -0.05) is 113 Å². The molecule has 0 heterocycles. The van der Waals surface area contributed by atoms with Gasteiger partial charge in [0.15, 0.2) is 0 Å². The molecule has 1 unspecified atom stereocenters. The fourth-order valence-electron chi connectivity index (χ4n) is 4.65. The Balaban J connectivity index is 2.02. The van der Waals surface area contributed by atoms with Crippen molar-refractivity contribution in [2.75, 3.05) is 0 Å². The van der Waals surface area contributed by atoms with E-state index in [2.05, 4.69) is 6.92 Å². The highest BCUT2D eigenvalue weighted by Gasteiger charge is 2.49. The van der Waals surface area contributed by atoms with Gasteiger partial charge in [-0.15, -0.1) is 0 Å². The molecule has 0 saturated heterocycles. The summed E-state index contributed by atoms with van der Waals surface area (Å²) < 4.78 is 50.9. The normalized spacial score (nSPS) is 14.2. The zero-order valence-electron chi connectivity index (χ0n) is 22.2. The van der Waals surface area contributed by atoms with Gasteiger partial charge in [-0.3, -0.25) is 0 Å². The molecule has 0 amide bonds. The van der Waals surface area contributed by atoms with Gasteiger partial charge >= 0.3 is 10.1 Å². The van der Waals surface area contributed by atoms with Crippen molar-refractivity contribution in [3.63, 3.8) is 0 Å². The van der Waals surface area contributed by atoms with Gasteiger partial charge in [0, 0.05) is 14.7 Å². The predicted molar refractivity (Wildman–Crippen MR) is 153 cm³/mol. The molecule has 3 aromatic carbocycles. The van der Waals surface area contributed by atoms with Crippen molar-refractivity contribution in [2.45, 2.75) is 97.7 Å². The number of halogens is 1. The molecule has 0 fully saturated rings. The van der Waals surface area contributed by atoms with Gasteiger partial charge < -0.3 is 0 Å². The van der Waals surface area contributed by atoms with Crippen molar-refractivity contribution in [1.29, 1.82) is 0 Å². The first-order valence-corrected chi connectivity index (χ1v) is 16.5. The van der Waals surface area contributed by atoms with Gasteiger partial charge in [0.2, 0.25) is 5.00 Å². The second-order valence-corrected chi connectivity index (χ2v) is 14.2. The van der Waals surface area contributed by atoms with Crippen molar-refractivity contribution in [3.05, 3.63) is 91.0 Å². The van der Waals surface area contributed by atoms with Crippen LogP contribution in [0.5, 0.6) is 0 Å². The highest BCUT2D eigenvalue weighted by Crippen LogP contribution is 2.70. The molecule has 1 atom stereocenters. The van der Waals surface area contributed by atoms with Crippen LogP contribution in [0, 0.1) is 0 Å². The molecule has 0 aromatic heterocycles. The standard InChI is InChI=1S/C31H41FO3S2/c1-3-5-6-7-8-9-19-27-31(32,26-4-2)37(33,34)35-36(28-20-13-10-14-21-28,29-22-15-11-16-23-29)30-24-17-12-18-25-30/h10-18,20-25H,3-9,19,26-27H2,1-2H3. The van der Waals surface area contributed by atoms with Crippen molar-refractivity contribution >= 4 is 20.4 Å². The quantitative estimate of drug-likeness (QED) is 0.169. The minimum atomic E-state index is -4.62. The molecule has 0 bridgehead atoms. The Hall–Kier alpha value is -2.15. The summed E-state index contributed by atoms with van der Waals surface area (Å²) in [6.07, 6.45) is 7.28. The van der Waals surface area contributed by atoms with E-state index in [1.165, 1.54) is 19.3 Å². The minimum Gasteiger partial charge on any atom is -0.224 e. The molecule has 0 aliphatic rings. The second kappa shape index (κ2) is 14.1. The van der Waals surface area contributed by atoms with E-state index in [-0.39, 0.29) is 12.8 Å². The maximum atomic E-state index is 16.6. The van der Waals surface area contributed by atoms with E-state index in [1.807, 2.05) is 97.9 Å².